The van der Waals surface area contributed by atoms with Crippen LogP contribution in [0.2, 0.25) is 0 Å². The maximum Gasteiger partial charge on any atom is 0.176 e. The summed E-state index contributed by atoms with van der Waals surface area (Å²) in [7, 11) is 4.65. The Labute approximate surface area is 152 Å². The highest BCUT2D eigenvalue weighted by atomic mass is 16.5. The molecule has 0 aliphatic carbocycles. The van der Waals surface area contributed by atoms with Crippen LogP contribution in [0.5, 0.6) is 23.0 Å². The zero-order chi connectivity index (χ0) is 18.7. The minimum Gasteiger partial charge on any atom is -0.504 e. The molecule has 0 unspecified atom stereocenters. The van der Waals surface area contributed by atoms with Gasteiger partial charge in [-0.05, 0) is 47.9 Å². The van der Waals surface area contributed by atoms with Crippen LogP contribution in [-0.2, 0) is 13.0 Å². The molecule has 1 aliphatic rings. The van der Waals surface area contributed by atoms with Crippen LogP contribution >= 0.6 is 0 Å². The van der Waals surface area contributed by atoms with Crippen molar-refractivity contribution in [1.29, 1.82) is 0 Å². The third-order valence-corrected chi connectivity index (χ3v) is 4.67. The lowest BCUT2D eigenvalue weighted by Gasteiger charge is -2.28. The minimum absolute atomic E-state index is 0.0279. The maximum absolute atomic E-state index is 12.7. The third kappa shape index (κ3) is 3.60. The number of ether oxygens (including phenoxy) is 3. The molecule has 2 aromatic rings. The molecule has 0 saturated heterocycles. The normalized spacial score (nSPS) is 13.8. The van der Waals surface area contributed by atoms with Crippen LogP contribution < -0.4 is 14.2 Å². The molecule has 1 heterocycles. The van der Waals surface area contributed by atoms with Crippen molar-refractivity contribution < 1.29 is 24.1 Å². The summed E-state index contributed by atoms with van der Waals surface area (Å²) in [6.07, 6.45) is 0.784. The summed E-state index contributed by atoms with van der Waals surface area (Å²) in [5.74, 6) is 1.78. The van der Waals surface area contributed by atoms with Crippen molar-refractivity contribution in [2.24, 2.45) is 0 Å². The zero-order valence-electron chi connectivity index (χ0n) is 15.2. The SMILES string of the molecule is COc1cc2c(cc1O)CCN(CC(=O)c1ccc(OC)c(OC)c1)C2. The number of Topliss-reactive ketones (excluding diaryl/α,β-unsaturated/α-hetero) is 1. The predicted molar refractivity (Wildman–Crippen MR) is 97.5 cm³/mol. The molecule has 6 nitrogen and oxygen atoms in total. The number of phenolic OH excluding ortho intramolecular Hbond substituents is 1. The summed E-state index contributed by atoms with van der Waals surface area (Å²) in [5.41, 5.74) is 2.76. The van der Waals surface area contributed by atoms with Gasteiger partial charge < -0.3 is 19.3 Å². The monoisotopic (exact) mass is 357 g/mol. The van der Waals surface area contributed by atoms with E-state index in [1.54, 1.807) is 38.5 Å². The number of hydrogen-bond donors (Lipinski definition) is 1. The van der Waals surface area contributed by atoms with Crippen LogP contribution in [0.4, 0.5) is 0 Å². The highest BCUT2D eigenvalue weighted by molar-refractivity contribution is 5.98. The fraction of sp³-hybridized carbons (Fsp3) is 0.350. The largest absolute Gasteiger partial charge is 0.504 e. The van der Waals surface area contributed by atoms with Gasteiger partial charge in [0.05, 0.1) is 27.9 Å². The Kier molecular flexibility index (Phi) is 5.32. The molecule has 3 rings (SSSR count). The van der Waals surface area contributed by atoms with Crippen molar-refractivity contribution in [1.82, 2.24) is 4.90 Å². The Bertz CT molecular complexity index is 818. The number of hydrogen-bond acceptors (Lipinski definition) is 6. The second-order valence-corrected chi connectivity index (χ2v) is 6.25. The molecule has 0 radical (unpaired) electrons. The van der Waals surface area contributed by atoms with Gasteiger partial charge in [-0.3, -0.25) is 9.69 Å². The summed E-state index contributed by atoms with van der Waals surface area (Å²) in [5, 5.41) is 9.90. The van der Waals surface area contributed by atoms with Crippen molar-refractivity contribution in [2.45, 2.75) is 13.0 Å². The number of aromatic hydroxyl groups is 1. The predicted octanol–water partition coefficient (Wildman–Crippen LogP) is 2.66. The summed E-state index contributed by atoms with van der Waals surface area (Å²) in [4.78, 5) is 14.8. The van der Waals surface area contributed by atoms with Gasteiger partial charge in [0.25, 0.3) is 0 Å². The van der Waals surface area contributed by atoms with E-state index in [0.717, 1.165) is 24.1 Å². The average molecular weight is 357 g/mol. The zero-order valence-corrected chi connectivity index (χ0v) is 15.2. The summed E-state index contributed by atoms with van der Waals surface area (Å²) in [6, 6.07) is 8.80. The molecule has 138 valence electrons. The molecule has 0 aromatic heterocycles. The van der Waals surface area contributed by atoms with Gasteiger partial charge in [0.15, 0.2) is 28.8 Å². The standard InChI is InChI=1S/C20H23NO5/c1-24-18-5-4-14(9-20(18)26-3)17(23)12-21-7-6-13-8-16(22)19(25-2)10-15(13)11-21/h4-5,8-10,22H,6-7,11-12H2,1-3H3. The van der Waals surface area contributed by atoms with E-state index in [1.807, 2.05) is 6.07 Å². The van der Waals surface area contributed by atoms with Gasteiger partial charge in [0.2, 0.25) is 0 Å². The molecule has 0 saturated carbocycles. The van der Waals surface area contributed by atoms with Crippen molar-refractivity contribution in [3.63, 3.8) is 0 Å². The van der Waals surface area contributed by atoms with Crippen molar-refractivity contribution in [3.8, 4) is 23.0 Å². The molecule has 0 spiro atoms. The van der Waals surface area contributed by atoms with E-state index in [4.69, 9.17) is 14.2 Å². The van der Waals surface area contributed by atoms with Gasteiger partial charge in [-0.25, -0.2) is 0 Å². The van der Waals surface area contributed by atoms with Crippen LogP contribution in [0.25, 0.3) is 0 Å². The van der Waals surface area contributed by atoms with E-state index in [1.165, 1.54) is 7.11 Å². The van der Waals surface area contributed by atoms with Crippen LogP contribution in [-0.4, -0.2) is 50.2 Å². The molecule has 0 amide bonds. The number of phenols is 1. The van der Waals surface area contributed by atoms with Gasteiger partial charge in [-0.15, -0.1) is 0 Å². The molecule has 0 atom stereocenters. The summed E-state index contributed by atoms with van der Waals surface area (Å²) in [6.45, 7) is 1.72. The van der Waals surface area contributed by atoms with Gasteiger partial charge in [-0.2, -0.15) is 0 Å². The lowest BCUT2D eigenvalue weighted by Crippen LogP contribution is -2.34. The number of methoxy groups -OCH3 is 3. The molecule has 0 bridgehead atoms. The van der Waals surface area contributed by atoms with Crippen molar-refractivity contribution >= 4 is 5.78 Å². The first-order valence-electron chi connectivity index (χ1n) is 8.42. The number of fused-ring (bicyclic) bond motifs is 1. The Morgan fingerprint density at radius 1 is 1.00 bits per heavy atom. The molecule has 6 heteroatoms. The average Bonchev–Trinajstić information content (AvgIpc) is 2.66. The number of nitrogens with zero attached hydrogens (tertiary/aromatic N) is 1. The van der Waals surface area contributed by atoms with E-state index < -0.39 is 0 Å². The molecule has 2 aromatic carbocycles. The lowest BCUT2D eigenvalue weighted by atomic mass is 9.98. The first-order valence-corrected chi connectivity index (χ1v) is 8.42. The fourth-order valence-corrected chi connectivity index (χ4v) is 3.23. The lowest BCUT2D eigenvalue weighted by molar-refractivity contribution is 0.0921. The van der Waals surface area contributed by atoms with Crippen LogP contribution in [0.3, 0.4) is 0 Å². The molecule has 1 N–H and O–H groups in total. The van der Waals surface area contributed by atoms with E-state index >= 15 is 0 Å². The van der Waals surface area contributed by atoms with Gasteiger partial charge in [-0.1, -0.05) is 0 Å². The number of rotatable bonds is 6. The Balaban J connectivity index is 1.73. The molecule has 26 heavy (non-hydrogen) atoms. The third-order valence-electron chi connectivity index (χ3n) is 4.67. The van der Waals surface area contributed by atoms with Gasteiger partial charge in [0, 0.05) is 18.7 Å². The topological polar surface area (TPSA) is 68.2 Å². The molecule has 0 fully saturated rings. The van der Waals surface area contributed by atoms with Crippen molar-refractivity contribution in [2.75, 3.05) is 34.4 Å². The van der Waals surface area contributed by atoms with E-state index in [-0.39, 0.29) is 11.5 Å². The molecular weight excluding hydrogens is 334 g/mol. The smallest absolute Gasteiger partial charge is 0.176 e. The van der Waals surface area contributed by atoms with Crippen LogP contribution in [0.1, 0.15) is 21.5 Å². The summed E-state index contributed by atoms with van der Waals surface area (Å²) >= 11 is 0. The number of benzene rings is 2. The van der Waals surface area contributed by atoms with Crippen LogP contribution in [0, 0.1) is 0 Å². The van der Waals surface area contributed by atoms with E-state index in [0.29, 0.717) is 35.9 Å². The highest BCUT2D eigenvalue weighted by Gasteiger charge is 2.21. The van der Waals surface area contributed by atoms with Gasteiger partial charge >= 0.3 is 0 Å². The Morgan fingerprint density at radius 2 is 1.73 bits per heavy atom. The second-order valence-electron chi connectivity index (χ2n) is 6.25. The maximum atomic E-state index is 12.7. The van der Waals surface area contributed by atoms with E-state index in [2.05, 4.69) is 4.90 Å². The minimum atomic E-state index is 0.0279. The summed E-state index contributed by atoms with van der Waals surface area (Å²) < 4.78 is 15.7. The van der Waals surface area contributed by atoms with Crippen molar-refractivity contribution in [3.05, 3.63) is 47.0 Å². The second kappa shape index (κ2) is 7.66. The Hall–Kier alpha value is -2.73. The molecule has 1 aliphatic heterocycles. The highest BCUT2D eigenvalue weighted by Crippen LogP contribution is 2.32. The quantitative estimate of drug-likeness (QED) is 0.802. The van der Waals surface area contributed by atoms with Gasteiger partial charge in [0.1, 0.15) is 0 Å². The first-order chi connectivity index (χ1) is 12.5. The Morgan fingerprint density at radius 3 is 2.42 bits per heavy atom. The molecular formula is C20H23NO5. The first kappa shape index (κ1) is 18.1. The van der Waals surface area contributed by atoms with Crippen LogP contribution in [0.15, 0.2) is 30.3 Å². The fourth-order valence-electron chi connectivity index (χ4n) is 3.23. The van der Waals surface area contributed by atoms with E-state index in [9.17, 15) is 9.90 Å². The number of ketones is 1. The number of carbonyl (C=O) groups is 1. The number of carbonyl (C=O) groups excluding carboxylic acids is 1.